The van der Waals surface area contributed by atoms with Crippen molar-refractivity contribution in [1.29, 1.82) is 0 Å². The van der Waals surface area contributed by atoms with E-state index < -0.39 is 0 Å². The van der Waals surface area contributed by atoms with Crippen molar-refractivity contribution in [1.82, 2.24) is 0 Å². The van der Waals surface area contributed by atoms with Gasteiger partial charge in [0.25, 0.3) is 0 Å². The Balaban J connectivity index is 0.000000396. The topological polar surface area (TPSA) is 24.4 Å². The highest BCUT2D eigenvalue weighted by Gasteiger charge is 2.03. The van der Waals surface area contributed by atoms with Crippen LogP contribution in [-0.4, -0.2) is 6.34 Å². The fraction of sp³-hybridized carbons (Fsp3) is 0.364. The van der Waals surface area contributed by atoms with Gasteiger partial charge in [-0.25, -0.2) is 0 Å². The van der Waals surface area contributed by atoms with Gasteiger partial charge in [0.05, 0.1) is 12.9 Å². The Kier molecular flexibility index (Phi) is 3.50. The molecule has 1 N–H and O–H groups in total. The van der Waals surface area contributed by atoms with Crippen LogP contribution in [0.5, 0.6) is 0 Å². The van der Waals surface area contributed by atoms with Gasteiger partial charge >= 0.3 is 0 Å². The molecule has 0 bridgehead atoms. The minimum absolute atomic E-state index is 0.808. The second kappa shape index (κ2) is 4.65. The van der Waals surface area contributed by atoms with Gasteiger partial charge in [0.1, 0.15) is 0 Å². The maximum absolute atomic E-state index is 4.11. The van der Waals surface area contributed by atoms with Crippen LogP contribution in [0.15, 0.2) is 23.2 Å². The predicted molar refractivity (Wildman–Crippen MR) is 58.3 cm³/mol. The number of hydrogen-bond acceptors (Lipinski definition) is 2. The first kappa shape index (κ1) is 9.78. The molecular weight excluding hydrogens is 160 g/mol. The summed E-state index contributed by atoms with van der Waals surface area (Å²) < 4.78 is 0. The van der Waals surface area contributed by atoms with Gasteiger partial charge in [0.2, 0.25) is 0 Å². The van der Waals surface area contributed by atoms with E-state index in [1.807, 2.05) is 13.8 Å². The van der Waals surface area contributed by atoms with E-state index >= 15 is 0 Å². The number of hydrogen-bond donors (Lipinski definition) is 1. The average Bonchev–Trinajstić information content (AvgIpc) is 2.21. The molecule has 0 fully saturated rings. The zero-order valence-electron chi connectivity index (χ0n) is 8.46. The van der Waals surface area contributed by atoms with E-state index in [1.54, 1.807) is 6.34 Å². The molecule has 2 nitrogen and oxygen atoms in total. The normalized spacial score (nSPS) is 12.2. The lowest BCUT2D eigenvalue weighted by molar-refractivity contribution is 1.06. The lowest BCUT2D eigenvalue weighted by atomic mass is 10.1. The van der Waals surface area contributed by atoms with Gasteiger partial charge < -0.3 is 5.32 Å². The van der Waals surface area contributed by atoms with E-state index in [0.29, 0.717) is 0 Å². The number of benzene rings is 1. The first-order valence-corrected chi connectivity index (χ1v) is 4.70. The van der Waals surface area contributed by atoms with Crippen LogP contribution in [0, 0.1) is 6.92 Å². The fourth-order valence-electron chi connectivity index (χ4n) is 1.22. The summed E-state index contributed by atoms with van der Waals surface area (Å²) in [5, 5.41) is 3.11. The van der Waals surface area contributed by atoms with Crippen molar-refractivity contribution in [2.45, 2.75) is 27.3 Å². The minimum atomic E-state index is 0.808. The molecule has 0 atom stereocenters. The second-order valence-corrected chi connectivity index (χ2v) is 2.77. The van der Waals surface area contributed by atoms with Crippen LogP contribution in [0.4, 0.5) is 5.69 Å². The molecule has 0 aromatic heterocycles. The van der Waals surface area contributed by atoms with Crippen LogP contribution in [-0.2, 0) is 6.54 Å². The summed E-state index contributed by atoms with van der Waals surface area (Å²) in [5.41, 5.74) is 3.75. The second-order valence-electron chi connectivity index (χ2n) is 2.77. The Labute approximate surface area is 79.7 Å². The SMILES string of the molecule is CC.Cc1ccc2c(c1)NC=NC2. The minimum Gasteiger partial charge on any atom is -0.346 e. The maximum atomic E-state index is 4.11. The summed E-state index contributed by atoms with van der Waals surface area (Å²) in [6, 6.07) is 6.37. The van der Waals surface area contributed by atoms with Gasteiger partial charge in [-0.2, -0.15) is 0 Å². The first-order chi connectivity index (χ1) is 6.36. The molecule has 1 aliphatic heterocycles. The summed E-state index contributed by atoms with van der Waals surface area (Å²) >= 11 is 0. The van der Waals surface area contributed by atoms with Crippen LogP contribution in [0.25, 0.3) is 0 Å². The number of aliphatic imine (C=N–C) groups is 1. The van der Waals surface area contributed by atoms with Crippen molar-refractivity contribution >= 4 is 12.0 Å². The number of fused-ring (bicyclic) bond motifs is 1. The molecule has 0 saturated heterocycles. The lowest BCUT2D eigenvalue weighted by Gasteiger charge is -2.11. The highest BCUT2D eigenvalue weighted by Crippen LogP contribution is 2.19. The number of rotatable bonds is 0. The van der Waals surface area contributed by atoms with Crippen LogP contribution < -0.4 is 5.32 Å². The molecule has 13 heavy (non-hydrogen) atoms. The predicted octanol–water partition coefficient (Wildman–Crippen LogP) is 2.98. The van der Waals surface area contributed by atoms with Crippen LogP contribution in [0.1, 0.15) is 25.0 Å². The smallest absolute Gasteiger partial charge is 0.0872 e. The molecule has 1 aromatic carbocycles. The van der Waals surface area contributed by atoms with E-state index in [9.17, 15) is 0 Å². The zero-order chi connectivity index (χ0) is 9.68. The Morgan fingerprint density at radius 3 is 2.85 bits per heavy atom. The van der Waals surface area contributed by atoms with Crippen molar-refractivity contribution in [3.63, 3.8) is 0 Å². The van der Waals surface area contributed by atoms with Crippen molar-refractivity contribution in [2.24, 2.45) is 4.99 Å². The van der Waals surface area contributed by atoms with Crippen molar-refractivity contribution in [3.05, 3.63) is 29.3 Å². The molecule has 0 radical (unpaired) electrons. The van der Waals surface area contributed by atoms with Crippen LogP contribution in [0.3, 0.4) is 0 Å². The van der Waals surface area contributed by atoms with E-state index in [-0.39, 0.29) is 0 Å². The van der Waals surface area contributed by atoms with Crippen molar-refractivity contribution in [3.8, 4) is 0 Å². The molecule has 70 valence electrons. The molecule has 0 unspecified atom stereocenters. The maximum Gasteiger partial charge on any atom is 0.0872 e. The first-order valence-electron chi connectivity index (χ1n) is 4.70. The summed E-state index contributed by atoms with van der Waals surface area (Å²) in [6.07, 6.45) is 1.75. The summed E-state index contributed by atoms with van der Waals surface area (Å²) in [6.45, 7) is 6.90. The van der Waals surface area contributed by atoms with E-state index in [0.717, 1.165) is 6.54 Å². The van der Waals surface area contributed by atoms with Gasteiger partial charge in [-0.05, 0) is 24.1 Å². The van der Waals surface area contributed by atoms with Gasteiger partial charge in [0, 0.05) is 5.69 Å². The fourth-order valence-corrected chi connectivity index (χ4v) is 1.22. The zero-order valence-corrected chi connectivity index (χ0v) is 8.46. The number of aryl methyl sites for hydroxylation is 1. The molecule has 1 heterocycles. The highest BCUT2D eigenvalue weighted by molar-refractivity contribution is 5.79. The Morgan fingerprint density at radius 1 is 1.31 bits per heavy atom. The monoisotopic (exact) mass is 176 g/mol. The molecule has 1 aromatic rings. The number of anilines is 1. The third-order valence-electron chi connectivity index (χ3n) is 1.84. The molecule has 0 saturated carbocycles. The number of nitrogens with zero attached hydrogens (tertiary/aromatic N) is 1. The molecule has 1 aliphatic rings. The standard InChI is InChI=1S/C9H10N2.C2H6/c1-7-2-3-8-5-10-6-11-9(8)4-7;1-2/h2-4,6H,5H2,1H3,(H,10,11);1-2H3. The lowest BCUT2D eigenvalue weighted by Crippen LogP contribution is -2.04. The Morgan fingerprint density at radius 2 is 2.08 bits per heavy atom. The molecule has 0 spiro atoms. The third kappa shape index (κ3) is 2.31. The van der Waals surface area contributed by atoms with Crippen molar-refractivity contribution in [2.75, 3.05) is 5.32 Å². The van der Waals surface area contributed by atoms with Gasteiger partial charge in [-0.1, -0.05) is 26.0 Å². The molecular formula is C11H16N2. The van der Waals surface area contributed by atoms with E-state index in [4.69, 9.17) is 0 Å². The number of nitrogens with one attached hydrogen (secondary N) is 1. The largest absolute Gasteiger partial charge is 0.346 e. The van der Waals surface area contributed by atoms with Gasteiger partial charge in [-0.15, -0.1) is 0 Å². The van der Waals surface area contributed by atoms with E-state index in [2.05, 4.69) is 35.4 Å². The molecule has 2 rings (SSSR count). The Hall–Kier alpha value is -1.31. The van der Waals surface area contributed by atoms with Gasteiger partial charge in [0.15, 0.2) is 0 Å². The summed E-state index contributed by atoms with van der Waals surface area (Å²) in [4.78, 5) is 4.11. The molecule has 0 aliphatic carbocycles. The Bertz CT molecular complexity index is 303. The summed E-state index contributed by atoms with van der Waals surface area (Å²) in [7, 11) is 0. The quantitative estimate of drug-likeness (QED) is 0.645. The van der Waals surface area contributed by atoms with E-state index in [1.165, 1.54) is 16.8 Å². The van der Waals surface area contributed by atoms with Crippen LogP contribution in [0.2, 0.25) is 0 Å². The highest BCUT2D eigenvalue weighted by atomic mass is 15.0. The average molecular weight is 176 g/mol. The third-order valence-corrected chi connectivity index (χ3v) is 1.84. The molecule has 2 heteroatoms. The van der Waals surface area contributed by atoms with Crippen molar-refractivity contribution < 1.29 is 0 Å². The van der Waals surface area contributed by atoms with Crippen LogP contribution >= 0.6 is 0 Å². The van der Waals surface area contributed by atoms with Gasteiger partial charge in [-0.3, -0.25) is 4.99 Å². The molecule has 0 amide bonds. The summed E-state index contributed by atoms with van der Waals surface area (Å²) in [5.74, 6) is 0.